The van der Waals surface area contributed by atoms with Gasteiger partial charge in [-0.25, -0.2) is 22.9 Å². The van der Waals surface area contributed by atoms with E-state index in [1.807, 2.05) is 30.3 Å². The molecule has 5 rings (SSSR count). The first-order valence-electron chi connectivity index (χ1n) is 16.5. The molecule has 3 aromatic rings. The van der Waals surface area contributed by atoms with E-state index < -0.39 is 70.9 Å². The van der Waals surface area contributed by atoms with Crippen molar-refractivity contribution in [2.24, 2.45) is 11.3 Å². The first-order valence-corrected chi connectivity index (χ1v) is 17.0. The standard InChI is InChI=1S/C35H41F3N6O6S/c1-35(2,20-50-34(49)40-10-11-43-29(46)13-28(51)33(43)48)31(44(30(47)19-45)17-22-14-39-15-26(22)38)32-41-27(24-12-23(36)8-9-25(24)37)18-42(32)16-21-6-4-3-5-7-21/h3-9,12,18,22,26,28,31,39,45,51H,10-11,13-17,19-20H2,1-2H3,(H,40,49). The van der Waals surface area contributed by atoms with Crippen LogP contribution in [0, 0.1) is 23.0 Å². The molecule has 2 saturated heterocycles. The summed E-state index contributed by atoms with van der Waals surface area (Å²) in [6, 6.07) is 11.1. The number of ether oxygens (including phenoxy) is 1. The number of halogens is 3. The fraction of sp³-hybridized carbons (Fsp3) is 0.457. The van der Waals surface area contributed by atoms with E-state index in [0.29, 0.717) is 0 Å². The molecule has 0 spiro atoms. The van der Waals surface area contributed by atoms with Gasteiger partial charge in [-0.15, -0.1) is 0 Å². The van der Waals surface area contributed by atoms with Crippen LogP contribution in [0.4, 0.5) is 18.0 Å². The van der Waals surface area contributed by atoms with Crippen LogP contribution >= 0.6 is 12.6 Å². The van der Waals surface area contributed by atoms with Crippen LogP contribution in [0.2, 0.25) is 0 Å². The van der Waals surface area contributed by atoms with Crippen LogP contribution in [-0.4, -0.2) is 106 Å². The largest absolute Gasteiger partial charge is 0.449 e. The van der Waals surface area contributed by atoms with E-state index in [1.165, 1.54) is 11.1 Å². The van der Waals surface area contributed by atoms with E-state index in [9.17, 15) is 28.7 Å². The molecule has 1 aromatic heterocycles. The van der Waals surface area contributed by atoms with E-state index >= 15 is 8.78 Å². The molecule has 0 saturated carbocycles. The van der Waals surface area contributed by atoms with Gasteiger partial charge in [-0.05, 0) is 23.8 Å². The highest BCUT2D eigenvalue weighted by atomic mass is 32.1. The summed E-state index contributed by atoms with van der Waals surface area (Å²) < 4.78 is 51.8. The molecule has 4 atom stereocenters. The number of alkyl halides is 1. The average Bonchev–Trinajstić information content (AvgIpc) is 3.77. The Balaban J connectivity index is 1.50. The third-order valence-corrected chi connectivity index (χ3v) is 9.45. The summed E-state index contributed by atoms with van der Waals surface area (Å²) in [7, 11) is 0. The molecular weight excluding hydrogens is 689 g/mol. The van der Waals surface area contributed by atoms with Gasteiger partial charge in [0.1, 0.15) is 36.8 Å². The van der Waals surface area contributed by atoms with Crippen molar-refractivity contribution in [2.75, 3.05) is 45.9 Å². The smallest absolute Gasteiger partial charge is 0.407 e. The summed E-state index contributed by atoms with van der Waals surface area (Å²) in [5, 5.41) is 14.9. The highest BCUT2D eigenvalue weighted by Gasteiger charge is 2.44. The number of thiol groups is 1. The molecule has 2 fully saturated rings. The summed E-state index contributed by atoms with van der Waals surface area (Å²) in [6.07, 6.45) is -0.664. The van der Waals surface area contributed by atoms with Crippen molar-refractivity contribution in [1.82, 2.24) is 30.0 Å². The van der Waals surface area contributed by atoms with E-state index in [2.05, 4.69) is 23.3 Å². The summed E-state index contributed by atoms with van der Waals surface area (Å²) in [5.74, 6) is -3.46. The molecule has 2 aliphatic rings. The SMILES string of the molecule is CC(C)(COC(=O)NCCN1C(=O)CC(S)C1=O)C(c1nc(-c2cc(F)ccc2F)cn1Cc1ccccc1)N(CC1CNCC1F)C(=O)CO. The molecule has 3 heterocycles. The number of rotatable bonds is 14. The van der Waals surface area contributed by atoms with Crippen LogP contribution in [0.25, 0.3) is 11.3 Å². The van der Waals surface area contributed by atoms with Crippen LogP contribution in [0.1, 0.15) is 37.7 Å². The Morgan fingerprint density at radius 3 is 2.57 bits per heavy atom. The third-order valence-electron chi connectivity index (χ3n) is 9.05. The molecular formula is C35H41F3N6O6S. The Morgan fingerprint density at radius 1 is 1.18 bits per heavy atom. The molecule has 12 nitrogen and oxygen atoms in total. The number of imide groups is 1. The summed E-state index contributed by atoms with van der Waals surface area (Å²) in [5.41, 5.74) is -0.442. The maximum absolute atomic E-state index is 15.1. The van der Waals surface area contributed by atoms with E-state index in [0.717, 1.165) is 28.7 Å². The van der Waals surface area contributed by atoms with Crippen molar-refractivity contribution in [3.63, 3.8) is 0 Å². The Labute approximate surface area is 298 Å². The molecule has 0 bridgehead atoms. The zero-order valence-corrected chi connectivity index (χ0v) is 29.1. The van der Waals surface area contributed by atoms with Crippen molar-refractivity contribution < 1.29 is 42.2 Å². The van der Waals surface area contributed by atoms with Crippen LogP contribution in [-0.2, 0) is 25.7 Å². The number of aromatic nitrogens is 2. The number of alkyl carbamates (subject to hydrolysis) is 1. The van der Waals surface area contributed by atoms with Crippen molar-refractivity contribution in [3.8, 4) is 11.3 Å². The Morgan fingerprint density at radius 2 is 1.92 bits per heavy atom. The molecule has 274 valence electrons. The van der Waals surface area contributed by atoms with E-state index in [1.54, 1.807) is 18.4 Å². The first kappa shape index (κ1) is 37.8. The second kappa shape index (κ2) is 16.3. The van der Waals surface area contributed by atoms with Gasteiger partial charge in [-0.2, -0.15) is 12.6 Å². The number of aliphatic hydroxyl groups excluding tert-OH is 1. The number of carbonyl (C=O) groups excluding carboxylic acids is 4. The van der Waals surface area contributed by atoms with Gasteiger partial charge < -0.3 is 29.9 Å². The number of hydrogen-bond donors (Lipinski definition) is 4. The fourth-order valence-electron chi connectivity index (χ4n) is 6.42. The fourth-order valence-corrected chi connectivity index (χ4v) is 6.71. The van der Waals surface area contributed by atoms with Crippen LogP contribution in [0.3, 0.4) is 0 Å². The van der Waals surface area contributed by atoms with Gasteiger partial charge in [0, 0.05) is 68.8 Å². The number of carbonyl (C=O) groups is 4. The summed E-state index contributed by atoms with van der Waals surface area (Å²) in [6.45, 7) is 2.36. The molecule has 4 unspecified atom stereocenters. The lowest BCUT2D eigenvalue weighted by Gasteiger charge is -2.42. The Bertz CT molecular complexity index is 1740. The summed E-state index contributed by atoms with van der Waals surface area (Å²) >= 11 is 4.09. The number of imidazole rings is 1. The molecule has 0 radical (unpaired) electrons. The molecule has 51 heavy (non-hydrogen) atoms. The third kappa shape index (κ3) is 8.91. The highest BCUT2D eigenvalue weighted by molar-refractivity contribution is 7.81. The molecule has 2 aromatic carbocycles. The van der Waals surface area contributed by atoms with Crippen molar-refractivity contribution in [1.29, 1.82) is 0 Å². The number of likely N-dealkylation sites (tertiary alicyclic amines) is 1. The van der Waals surface area contributed by atoms with Gasteiger partial charge in [0.25, 0.3) is 0 Å². The van der Waals surface area contributed by atoms with Gasteiger partial charge in [-0.3, -0.25) is 19.3 Å². The minimum Gasteiger partial charge on any atom is -0.449 e. The molecule has 2 aliphatic heterocycles. The predicted molar refractivity (Wildman–Crippen MR) is 183 cm³/mol. The number of amides is 4. The van der Waals surface area contributed by atoms with Gasteiger partial charge >= 0.3 is 6.09 Å². The lowest BCUT2D eigenvalue weighted by Crippen LogP contribution is -2.49. The average molecular weight is 731 g/mol. The Kier molecular flexibility index (Phi) is 12.1. The van der Waals surface area contributed by atoms with Crippen LogP contribution < -0.4 is 10.6 Å². The lowest BCUT2D eigenvalue weighted by atomic mass is 9.82. The van der Waals surface area contributed by atoms with Gasteiger partial charge in [0.15, 0.2) is 0 Å². The topological polar surface area (TPSA) is 146 Å². The lowest BCUT2D eigenvalue weighted by molar-refractivity contribution is -0.142. The Hall–Kier alpha value is -4.41. The normalized spacial score (nSPS) is 19.7. The van der Waals surface area contributed by atoms with Crippen LogP contribution in [0.5, 0.6) is 0 Å². The maximum atomic E-state index is 15.1. The maximum Gasteiger partial charge on any atom is 0.407 e. The van der Waals surface area contributed by atoms with Crippen LogP contribution in [0.15, 0.2) is 54.7 Å². The quantitative estimate of drug-likeness (QED) is 0.146. The van der Waals surface area contributed by atoms with Crippen molar-refractivity contribution in [2.45, 2.75) is 44.3 Å². The van der Waals surface area contributed by atoms with E-state index in [4.69, 9.17) is 9.72 Å². The monoisotopic (exact) mass is 730 g/mol. The molecule has 4 amide bonds. The number of hydrogen-bond acceptors (Lipinski definition) is 9. The van der Waals surface area contributed by atoms with Crippen molar-refractivity contribution in [3.05, 3.63) is 77.8 Å². The molecule has 16 heteroatoms. The minimum absolute atomic E-state index is 0.0291. The molecule has 3 N–H and O–H groups in total. The zero-order valence-electron chi connectivity index (χ0n) is 28.2. The van der Waals surface area contributed by atoms with Gasteiger partial charge in [0.05, 0.1) is 17.0 Å². The second-order valence-electron chi connectivity index (χ2n) is 13.4. The van der Waals surface area contributed by atoms with Gasteiger partial charge in [-0.1, -0.05) is 44.2 Å². The van der Waals surface area contributed by atoms with Crippen molar-refractivity contribution >= 4 is 36.4 Å². The minimum atomic E-state index is -1.29. The predicted octanol–water partition coefficient (Wildman–Crippen LogP) is 3.11. The second-order valence-corrected chi connectivity index (χ2v) is 14.0. The molecule has 0 aliphatic carbocycles. The number of aliphatic hydroxyl groups is 1. The zero-order chi connectivity index (χ0) is 36.9. The number of nitrogens with one attached hydrogen (secondary N) is 2. The number of benzene rings is 2. The first-order chi connectivity index (χ1) is 24.3. The van der Waals surface area contributed by atoms with E-state index in [-0.39, 0.29) is 69.4 Å². The highest BCUT2D eigenvalue weighted by Crippen LogP contribution is 2.41. The summed E-state index contributed by atoms with van der Waals surface area (Å²) in [4.78, 5) is 57.8. The number of nitrogens with zero attached hydrogens (tertiary/aromatic N) is 4. The van der Waals surface area contributed by atoms with Gasteiger partial charge in [0.2, 0.25) is 17.7 Å².